The minimum absolute atomic E-state index is 0.00919. The largest absolute Gasteiger partial charge is 0.456 e. The molecule has 4 aliphatic carbocycles. The molecule has 0 bridgehead atoms. The smallest absolute Gasteiger partial charge is 0.137 e. The average Bonchev–Trinajstić information content (AvgIpc) is 4.03. The Hall–Kier alpha value is -8.40. The molecule has 0 fully saturated rings. The van der Waals surface area contributed by atoms with Gasteiger partial charge in [0.2, 0.25) is 0 Å². The first-order valence-electron chi connectivity index (χ1n) is 23.9. The van der Waals surface area contributed by atoms with Crippen LogP contribution in [0.25, 0.3) is 72.8 Å². The van der Waals surface area contributed by atoms with Crippen molar-refractivity contribution < 1.29 is 4.42 Å². The molecule has 11 aromatic rings. The summed E-state index contributed by atoms with van der Waals surface area (Å²) >= 11 is 0. The van der Waals surface area contributed by atoms with Gasteiger partial charge in [-0.25, -0.2) is 9.97 Å². The van der Waals surface area contributed by atoms with E-state index in [2.05, 4.69) is 231 Å². The second-order valence-corrected chi connectivity index (χ2v) is 19.0. The maximum atomic E-state index is 6.84. The SMILES string of the molecule is CC1c2ccccc2C=CC1c1nc(-c2ccccc2)cc(-c2cccc3c2-c2ccc4oc5ccccc5c4c2C32c3ccccc3C3(c4ccccc4-c4ccccc43)c3ccccc32)n1. The molecule has 3 heteroatoms. The molecule has 318 valence electrons. The van der Waals surface area contributed by atoms with Gasteiger partial charge < -0.3 is 4.42 Å². The number of allylic oxidation sites excluding steroid dienone is 1. The van der Waals surface area contributed by atoms with E-state index in [-0.39, 0.29) is 11.8 Å². The predicted octanol–water partition coefficient (Wildman–Crippen LogP) is 15.7. The molecule has 2 spiro atoms. The molecule has 0 radical (unpaired) electrons. The van der Waals surface area contributed by atoms with E-state index < -0.39 is 10.8 Å². The van der Waals surface area contributed by atoms with Crippen LogP contribution in [0.5, 0.6) is 0 Å². The third kappa shape index (κ3) is 4.73. The van der Waals surface area contributed by atoms with Gasteiger partial charge in [0.15, 0.2) is 0 Å². The summed E-state index contributed by atoms with van der Waals surface area (Å²) < 4.78 is 6.84. The highest BCUT2D eigenvalue weighted by molar-refractivity contribution is 6.14. The Bertz CT molecular complexity index is 3870. The molecule has 2 atom stereocenters. The summed E-state index contributed by atoms with van der Waals surface area (Å²) in [4.78, 5) is 11.1. The molecule has 15 rings (SSSR count). The van der Waals surface area contributed by atoms with Crippen molar-refractivity contribution >= 4 is 28.0 Å². The normalized spacial score (nSPS) is 17.1. The molecule has 0 aliphatic heterocycles. The molecule has 9 aromatic carbocycles. The zero-order valence-electron chi connectivity index (χ0n) is 37.3. The van der Waals surface area contributed by atoms with Gasteiger partial charge in [-0.05, 0) is 102 Å². The molecule has 4 aliphatic rings. The van der Waals surface area contributed by atoms with E-state index in [0.29, 0.717) is 0 Å². The third-order valence-electron chi connectivity index (χ3n) is 16.0. The third-order valence-corrected chi connectivity index (χ3v) is 16.0. The van der Waals surface area contributed by atoms with Gasteiger partial charge in [0.25, 0.3) is 0 Å². The Morgan fingerprint density at radius 1 is 0.441 bits per heavy atom. The number of benzene rings is 9. The van der Waals surface area contributed by atoms with Crippen molar-refractivity contribution in [1.29, 1.82) is 0 Å². The van der Waals surface area contributed by atoms with Gasteiger partial charge in [-0.1, -0.05) is 213 Å². The molecular weight excluding hydrogens is 825 g/mol. The summed E-state index contributed by atoms with van der Waals surface area (Å²) in [6, 6.07) is 78.5. The van der Waals surface area contributed by atoms with Gasteiger partial charge in [0.05, 0.1) is 22.2 Å². The first-order chi connectivity index (χ1) is 33.7. The summed E-state index contributed by atoms with van der Waals surface area (Å²) in [6.45, 7) is 2.32. The number of hydrogen-bond donors (Lipinski definition) is 0. The summed E-state index contributed by atoms with van der Waals surface area (Å²) in [5.41, 5.74) is 22.4. The summed E-state index contributed by atoms with van der Waals surface area (Å²) in [5, 5.41) is 2.27. The van der Waals surface area contributed by atoms with E-state index in [1.807, 2.05) is 0 Å². The number of rotatable bonds is 3. The van der Waals surface area contributed by atoms with E-state index in [4.69, 9.17) is 14.4 Å². The fourth-order valence-electron chi connectivity index (χ4n) is 13.3. The zero-order chi connectivity index (χ0) is 44.7. The number of nitrogens with zero attached hydrogens (tertiary/aromatic N) is 2. The molecule has 3 nitrogen and oxygen atoms in total. The molecule has 2 unspecified atom stereocenters. The van der Waals surface area contributed by atoms with Crippen molar-refractivity contribution in [3.8, 4) is 44.8 Å². The Balaban J connectivity index is 1.07. The van der Waals surface area contributed by atoms with E-state index in [0.717, 1.165) is 50.3 Å². The van der Waals surface area contributed by atoms with Crippen LogP contribution in [0.4, 0.5) is 0 Å². The Morgan fingerprint density at radius 3 is 1.75 bits per heavy atom. The fourth-order valence-corrected chi connectivity index (χ4v) is 13.3. The van der Waals surface area contributed by atoms with Crippen LogP contribution in [0, 0.1) is 0 Å². The lowest BCUT2D eigenvalue weighted by Crippen LogP contribution is -2.43. The van der Waals surface area contributed by atoms with Crippen LogP contribution in [-0.2, 0) is 10.8 Å². The van der Waals surface area contributed by atoms with E-state index >= 15 is 0 Å². The molecule has 0 N–H and O–H groups in total. The van der Waals surface area contributed by atoms with E-state index in [9.17, 15) is 0 Å². The van der Waals surface area contributed by atoms with Crippen molar-refractivity contribution in [2.24, 2.45) is 0 Å². The van der Waals surface area contributed by atoms with Crippen molar-refractivity contribution in [2.75, 3.05) is 0 Å². The molecule has 68 heavy (non-hydrogen) atoms. The number of fused-ring (bicyclic) bond motifs is 21. The maximum absolute atomic E-state index is 6.84. The Kier molecular flexibility index (Phi) is 7.68. The van der Waals surface area contributed by atoms with Crippen LogP contribution in [0.15, 0.2) is 223 Å². The molecule has 2 aromatic heterocycles. The second kappa shape index (κ2) is 13.8. The van der Waals surface area contributed by atoms with Gasteiger partial charge in [-0.2, -0.15) is 0 Å². The zero-order valence-corrected chi connectivity index (χ0v) is 37.3. The van der Waals surface area contributed by atoms with Gasteiger partial charge in [0, 0.05) is 27.8 Å². The summed E-state index contributed by atoms with van der Waals surface area (Å²) in [7, 11) is 0. The summed E-state index contributed by atoms with van der Waals surface area (Å²) in [6.07, 6.45) is 4.57. The minimum atomic E-state index is -0.736. The topological polar surface area (TPSA) is 38.9 Å². The molecule has 0 amide bonds. The van der Waals surface area contributed by atoms with Crippen molar-refractivity contribution in [1.82, 2.24) is 9.97 Å². The van der Waals surface area contributed by atoms with Crippen LogP contribution in [0.2, 0.25) is 0 Å². The lowest BCUT2D eigenvalue weighted by molar-refractivity contribution is 0.633. The van der Waals surface area contributed by atoms with Gasteiger partial charge in [-0.15, -0.1) is 0 Å². The summed E-state index contributed by atoms with van der Waals surface area (Å²) in [5.74, 6) is 1.01. The average molecular weight is 867 g/mol. The van der Waals surface area contributed by atoms with Gasteiger partial charge >= 0.3 is 0 Å². The quantitative estimate of drug-likeness (QED) is 0.178. The predicted molar refractivity (Wildman–Crippen MR) is 275 cm³/mol. The number of aromatic nitrogens is 2. The van der Waals surface area contributed by atoms with Crippen molar-refractivity contribution in [3.05, 3.63) is 280 Å². The molecular formula is C65H42N2O. The highest BCUT2D eigenvalue weighted by Gasteiger charge is 2.59. The molecule has 0 saturated heterocycles. The first-order valence-corrected chi connectivity index (χ1v) is 23.9. The van der Waals surface area contributed by atoms with Crippen molar-refractivity contribution in [2.45, 2.75) is 29.6 Å². The number of hydrogen-bond acceptors (Lipinski definition) is 3. The van der Waals surface area contributed by atoms with Crippen LogP contribution in [-0.4, -0.2) is 9.97 Å². The number of furan rings is 1. The lowest BCUT2D eigenvalue weighted by Gasteiger charge is -2.49. The molecule has 2 heterocycles. The lowest BCUT2D eigenvalue weighted by atomic mass is 9.52. The Labute approximate surface area is 394 Å². The standard InChI is InChI=1S/C65H42N2O/c1-39-42-21-6-5-18-40(42)34-35-43(39)63-66-56(41-19-3-2-4-20-41)38-57(67-63)46-25-17-32-55-60(46)48-36-37-59-61(47-24-9-16-33-58(47)68-59)62(48)65(55)53-30-14-12-28-51(53)64(52-29-13-15-31-54(52)65)49-26-10-7-22-44(49)45-23-8-11-27-50(45)64/h2-39,43H,1H3. The maximum Gasteiger partial charge on any atom is 0.137 e. The van der Waals surface area contributed by atoms with Crippen molar-refractivity contribution in [3.63, 3.8) is 0 Å². The van der Waals surface area contributed by atoms with Gasteiger partial charge in [-0.3, -0.25) is 0 Å². The van der Waals surface area contributed by atoms with Crippen LogP contribution < -0.4 is 0 Å². The van der Waals surface area contributed by atoms with E-state index in [1.165, 1.54) is 77.9 Å². The van der Waals surface area contributed by atoms with E-state index in [1.54, 1.807) is 0 Å². The number of para-hydroxylation sites is 1. The fraction of sp³-hybridized carbons (Fsp3) is 0.0769. The van der Waals surface area contributed by atoms with Crippen LogP contribution >= 0.6 is 0 Å². The highest BCUT2D eigenvalue weighted by Crippen LogP contribution is 2.69. The van der Waals surface area contributed by atoms with Gasteiger partial charge in [0.1, 0.15) is 17.0 Å². The van der Waals surface area contributed by atoms with Crippen LogP contribution in [0.3, 0.4) is 0 Å². The van der Waals surface area contributed by atoms with Crippen LogP contribution in [0.1, 0.15) is 80.2 Å². The monoisotopic (exact) mass is 866 g/mol. The highest BCUT2D eigenvalue weighted by atomic mass is 16.3. The second-order valence-electron chi connectivity index (χ2n) is 19.0. The minimum Gasteiger partial charge on any atom is -0.456 e. The molecule has 0 saturated carbocycles. The first kappa shape index (κ1) is 37.8. The Morgan fingerprint density at radius 2 is 1.01 bits per heavy atom.